The highest BCUT2D eigenvalue weighted by Gasteiger charge is 2.14. The molecule has 0 saturated carbocycles. The quantitative estimate of drug-likeness (QED) is 0.772. The molecule has 102 valence electrons. The van der Waals surface area contributed by atoms with Gasteiger partial charge >= 0.3 is 0 Å². The van der Waals surface area contributed by atoms with E-state index in [1.807, 2.05) is 48.1 Å². The van der Waals surface area contributed by atoms with E-state index in [0.717, 1.165) is 17.2 Å². The van der Waals surface area contributed by atoms with E-state index in [-0.39, 0.29) is 6.04 Å². The molecule has 3 aromatic rings. The van der Waals surface area contributed by atoms with Gasteiger partial charge in [0.15, 0.2) is 0 Å². The van der Waals surface area contributed by atoms with Crippen molar-refractivity contribution < 1.29 is 0 Å². The number of nitrogens with two attached hydrogens (primary N) is 1. The summed E-state index contributed by atoms with van der Waals surface area (Å²) in [5.41, 5.74) is 7.86. The van der Waals surface area contributed by atoms with Crippen molar-refractivity contribution in [2.75, 3.05) is 0 Å². The topological polar surface area (TPSA) is 74.6 Å². The van der Waals surface area contributed by atoms with Gasteiger partial charge in [0.1, 0.15) is 11.5 Å². The monoisotopic (exact) mass is 268 g/mol. The minimum absolute atomic E-state index is 0.214. The zero-order valence-electron chi connectivity index (χ0n) is 11.2. The number of aryl methyl sites for hydroxylation is 1. The molecular weight excluding hydrogens is 252 g/mol. The second-order valence-corrected chi connectivity index (χ2v) is 4.66. The first kappa shape index (κ1) is 12.6. The van der Waals surface area contributed by atoms with Crippen molar-refractivity contribution in [1.82, 2.24) is 24.5 Å². The van der Waals surface area contributed by atoms with Gasteiger partial charge in [0.25, 0.3) is 0 Å². The summed E-state index contributed by atoms with van der Waals surface area (Å²) in [6, 6.07) is 9.55. The van der Waals surface area contributed by atoms with Crippen molar-refractivity contribution in [3.63, 3.8) is 0 Å². The van der Waals surface area contributed by atoms with Crippen LogP contribution in [0.3, 0.4) is 0 Å². The maximum absolute atomic E-state index is 6.18. The lowest BCUT2D eigenvalue weighted by molar-refractivity contribution is 0.629. The van der Waals surface area contributed by atoms with Crippen molar-refractivity contribution in [3.05, 3.63) is 60.4 Å². The Morgan fingerprint density at radius 2 is 2.05 bits per heavy atom. The van der Waals surface area contributed by atoms with E-state index < -0.39 is 0 Å². The molecule has 0 amide bonds. The van der Waals surface area contributed by atoms with Crippen molar-refractivity contribution >= 4 is 0 Å². The normalized spacial score (nSPS) is 12.5. The Hall–Kier alpha value is -2.47. The SMILES string of the molecule is Cn1ccnc1CC(N)c1cnn(-c2ccccc2)n1. The minimum Gasteiger partial charge on any atom is -0.338 e. The van der Waals surface area contributed by atoms with E-state index in [1.165, 1.54) is 0 Å². The third-order valence-electron chi connectivity index (χ3n) is 3.20. The van der Waals surface area contributed by atoms with E-state index in [0.29, 0.717) is 6.42 Å². The molecule has 0 radical (unpaired) electrons. The highest BCUT2D eigenvalue weighted by Crippen LogP contribution is 2.13. The molecule has 2 N–H and O–H groups in total. The first-order chi connectivity index (χ1) is 9.74. The summed E-state index contributed by atoms with van der Waals surface area (Å²) in [4.78, 5) is 5.87. The number of imidazole rings is 1. The average Bonchev–Trinajstić information content (AvgIpc) is 3.10. The van der Waals surface area contributed by atoms with Crippen molar-refractivity contribution in [2.45, 2.75) is 12.5 Å². The highest BCUT2D eigenvalue weighted by atomic mass is 15.5. The molecule has 0 aliphatic rings. The summed E-state index contributed by atoms with van der Waals surface area (Å²) in [7, 11) is 1.95. The smallest absolute Gasteiger partial charge is 0.110 e. The molecule has 6 heteroatoms. The number of benzene rings is 1. The van der Waals surface area contributed by atoms with E-state index in [1.54, 1.807) is 17.2 Å². The van der Waals surface area contributed by atoms with Crippen LogP contribution in [-0.2, 0) is 13.5 Å². The van der Waals surface area contributed by atoms with Gasteiger partial charge in [-0.25, -0.2) is 4.98 Å². The third-order valence-corrected chi connectivity index (χ3v) is 3.20. The summed E-state index contributed by atoms with van der Waals surface area (Å²) in [6.45, 7) is 0. The molecule has 2 aromatic heterocycles. The molecule has 0 saturated heterocycles. The van der Waals surface area contributed by atoms with Crippen LogP contribution in [0.25, 0.3) is 5.69 Å². The lowest BCUT2D eigenvalue weighted by Gasteiger charge is -2.07. The van der Waals surface area contributed by atoms with Crippen LogP contribution in [0.2, 0.25) is 0 Å². The highest BCUT2D eigenvalue weighted by molar-refractivity contribution is 5.28. The Morgan fingerprint density at radius 3 is 2.75 bits per heavy atom. The molecule has 1 atom stereocenters. The van der Waals surface area contributed by atoms with Gasteiger partial charge in [-0.2, -0.15) is 15.0 Å². The fourth-order valence-corrected chi connectivity index (χ4v) is 2.02. The van der Waals surface area contributed by atoms with Crippen LogP contribution in [-0.4, -0.2) is 24.5 Å². The average molecular weight is 268 g/mol. The molecule has 0 spiro atoms. The van der Waals surface area contributed by atoms with Crippen molar-refractivity contribution in [2.24, 2.45) is 12.8 Å². The molecule has 20 heavy (non-hydrogen) atoms. The second-order valence-electron chi connectivity index (χ2n) is 4.66. The molecule has 0 aliphatic heterocycles. The van der Waals surface area contributed by atoms with Gasteiger partial charge in [-0.1, -0.05) is 18.2 Å². The number of nitrogens with zero attached hydrogens (tertiary/aromatic N) is 5. The number of rotatable bonds is 4. The fraction of sp³-hybridized carbons (Fsp3) is 0.214. The number of aromatic nitrogens is 5. The van der Waals surface area contributed by atoms with Gasteiger partial charge in [-0.15, -0.1) is 0 Å². The number of para-hydroxylation sites is 1. The summed E-state index contributed by atoms with van der Waals surface area (Å²) < 4.78 is 1.96. The summed E-state index contributed by atoms with van der Waals surface area (Å²) in [5, 5.41) is 8.69. The molecule has 1 aromatic carbocycles. The van der Waals surface area contributed by atoms with Crippen LogP contribution in [0, 0.1) is 0 Å². The lowest BCUT2D eigenvalue weighted by atomic mass is 10.1. The van der Waals surface area contributed by atoms with Gasteiger partial charge in [0.05, 0.1) is 17.9 Å². The van der Waals surface area contributed by atoms with Crippen LogP contribution in [0.15, 0.2) is 48.9 Å². The van der Waals surface area contributed by atoms with E-state index in [4.69, 9.17) is 5.73 Å². The summed E-state index contributed by atoms with van der Waals surface area (Å²) in [5.74, 6) is 0.937. The van der Waals surface area contributed by atoms with Crippen molar-refractivity contribution in [3.8, 4) is 5.69 Å². The predicted octanol–water partition coefficient (Wildman–Crippen LogP) is 1.24. The maximum atomic E-state index is 6.18. The molecule has 6 nitrogen and oxygen atoms in total. The molecule has 0 fully saturated rings. The van der Waals surface area contributed by atoms with Gasteiger partial charge in [0, 0.05) is 25.9 Å². The van der Waals surface area contributed by atoms with Gasteiger partial charge in [0.2, 0.25) is 0 Å². The van der Waals surface area contributed by atoms with E-state index >= 15 is 0 Å². The van der Waals surface area contributed by atoms with Crippen LogP contribution >= 0.6 is 0 Å². The van der Waals surface area contributed by atoms with Crippen LogP contribution in [0.4, 0.5) is 0 Å². The second kappa shape index (κ2) is 5.26. The van der Waals surface area contributed by atoms with Crippen molar-refractivity contribution in [1.29, 1.82) is 0 Å². The Bertz CT molecular complexity index is 685. The molecule has 0 bridgehead atoms. The zero-order valence-corrected chi connectivity index (χ0v) is 11.2. The zero-order chi connectivity index (χ0) is 13.9. The Morgan fingerprint density at radius 1 is 1.25 bits per heavy atom. The van der Waals surface area contributed by atoms with Crippen LogP contribution < -0.4 is 5.73 Å². The van der Waals surface area contributed by atoms with Gasteiger partial charge in [-0.3, -0.25) is 0 Å². The Labute approximate surface area is 116 Å². The fourth-order valence-electron chi connectivity index (χ4n) is 2.02. The molecule has 3 rings (SSSR count). The predicted molar refractivity (Wildman–Crippen MR) is 75.2 cm³/mol. The Kier molecular flexibility index (Phi) is 3.30. The minimum atomic E-state index is -0.214. The van der Waals surface area contributed by atoms with Gasteiger partial charge < -0.3 is 10.3 Å². The van der Waals surface area contributed by atoms with Crippen LogP contribution in [0.5, 0.6) is 0 Å². The number of hydrogen-bond acceptors (Lipinski definition) is 4. The first-order valence-electron chi connectivity index (χ1n) is 6.43. The molecule has 0 aliphatic carbocycles. The lowest BCUT2D eigenvalue weighted by Crippen LogP contribution is -2.16. The van der Waals surface area contributed by atoms with E-state index in [2.05, 4.69) is 15.2 Å². The standard InChI is InChI=1S/C14H16N6/c1-19-8-7-16-14(19)9-12(15)13-10-17-20(18-13)11-5-3-2-4-6-11/h2-8,10,12H,9,15H2,1H3. The molecule has 1 unspecified atom stereocenters. The Balaban J connectivity index is 1.78. The largest absolute Gasteiger partial charge is 0.338 e. The molecule has 2 heterocycles. The van der Waals surface area contributed by atoms with Gasteiger partial charge in [-0.05, 0) is 12.1 Å². The van der Waals surface area contributed by atoms with Crippen LogP contribution in [0.1, 0.15) is 17.6 Å². The third kappa shape index (κ3) is 2.46. The first-order valence-corrected chi connectivity index (χ1v) is 6.43. The molecular formula is C14H16N6. The summed E-state index contributed by atoms with van der Waals surface area (Å²) in [6.07, 6.45) is 6.02. The maximum Gasteiger partial charge on any atom is 0.110 e. The van der Waals surface area contributed by atoms with E-state index in [9.17, 15) is 0 Å². The number of hydrogen-bond donors (Lipinski definition) is 1. The summed E-state index contributed by atoms with van der Waals surface area (Å²) >= 11 is 0.